The van der Waals surface area contributed by atoms with Crippen LogP contribution in [0.15, 0.2) is 41.0 Å². The van der Waals surface area contributed by atoms with Crippen LogP contribution < -0.4 is 20.1 Å². The molecule has 0 saturated carbocycles. The van der Waals surface area contributed by atoms with Crippen molar-refractivity contribution in [2.45, 2.75) is 38.3 Å². The molecule has 2 aliphatic rings. The van der Waals surface area contributed by atoms with Gasteiger partial charge in [0.1, 0.15) is 19.0 Å². The summed E-state index contributed by atoms with van der Waals surface area (Å²) < 4.78 is 16.9. The van der Waals surface area contributed by atoms with Gasteiger partial charge in [0.25, 0.3) is 0 Å². The second-order valence-electron chi connectivity index (χ2n) is 8.09. The number of furan rings is 1. The summed E-state index contributed by atoms with van der Waals surface area (Å²) >= 11 is 0. The molecular formula is C22H29N3O4. The third-order valence-corrected chi connectivity index (χ3v) is 5.60. The number of nitrogens with zero attached hydrogens (tertiary/aromatic N) is 1. The van der Waals surface area contributed by atoms with Gasteiger partial charge in [-0.05, 0) is 69.6 Å². The van der Waals surface area contributed by atoms with Crippen molar-refractivity contribution in [3.63, 3.8) is 0 Å². The number of carbonyl (C=O) groups excluding carboxylic acids is 1. The average Bonchev–Trinajstić information content (AvgIpc) is 3.42. The molecule has 1 fully saturated rings. The number of ether oxygens (including phenoxy) is 2. The summed E-state index contributed by atoms with van der Waals surface area (Å²) in [5.41, 5.74) is 0.396. The van der Waals surface area contributed by atoms with E-state index < -0.39 is 5.54 Å². The van der Waals surface area contributed by atoms with Crippen LogP contribution in [-0.4, -0.2) is 43.8 Å². The molecule has 0 radical (unpaired) electrons. The molecule has 0 aliphatic carbocycles. The number of likely N-dealkylation sites (tertiary alicyclic amines) is 1. The molecule has 1 atom stereocenters. The molecule has 2 aromatic rings. The van der Waals surface area contributed by atoms with Gasteiger partial charge >= 0.3 is 6.03 Å². The minimum absolute atomic E-state index is 0.0515. The van der Waals surface area contributed by atoms with Crippen molar-refractivity contribution in [1.82, 2.24) is 15.5 Å². The van der Waals surface area contributed by atoms with E-state index >= 15 is 0 Å². The van der Waals surface area contributed by atoms with E-state index in [4.69, 9.17) is 13.9 Å². The summed E-state index contributed by atoms with van der Waals surface area (Å²) in [4.78, 5) is 15.0. The number of carbonyl (C=O) groups is 1. The summed E-state index contributed by atoms with van der Waals surface area (Å²) in [6.45, 7) is 7.59. The Bertz CT molecular complexity index is 829. The van der Waals surface area contributed by atoms with E-state index in [1.165, 1.54) is 12.8 Å². The maximum atomic E-state index is 12.7. The summed E-state index contributed by atoms with van der Waals surface area (Å²) in [5.74, 6) is 2.35. The van der Waals surface area contributed by atoms with Gasteiger partial charge in [0.2, 0.25) is 0 Å². The summed E-state index contributed by atoms with van der Waals surface area (Å²) in [6.07, 6.45) is 4.05. The number of amides is 2. The zero-order chi connectivity index (χ0) is 20.3. The Kier molecular flexibility index (Phi) is 5.67. The highest BCUT2D eigenvalue weighted by molar-refractivity contribution is 5.75. The van der Waals surface area contributed by atoms with Crippen LogP contribution in [0.4, 0.5) is 4.79 Å². The SMILES string of the molecule is CC(C)(NC(=O)NCC(c1ccco1)N1CCCC1)c1ccc2c(c1)OCCO2. The van der Waals surface area contributed by atoms with Crippen molar-refractivity contribution in [1.29, 1.82) is 0 Å². The Morgan fingerprint density at radius 2 is 1.90 bits per heavy atom. The van der Waals surface area contributed by atoms with E-state index in [1.54, 1.807) is 6.26 Å². The van der Waals surface area contributed by atoms with Gasteiger partial charge in [0.15, 0.2) is 11.5 Å². The first-order valence-corrected chi connectivity index (χ1v) is 10.3. The molecule has 1 unspecified atom stereocenters. The highest BCUT2D eigenvalue weighted by atomic mass is 16.6. The van der Waals surface area contributed by atoms with Gasteiger partial charge < -0.3 is 24.5 Å². The molecule has 1 saturated heterocycles. The van der Waals surface area contributed by atoms with Gasteiger partial charge in [-0.15, -0.1) is 0 Å². The Morgan fingerprint density at radius 1 is 1.14 bits per heavy atom. The Labute approximate surface area is 171 Å². The Hall–Kier alpha value is -2.67. The van der Waals surface area contributed by atoms with Gasteiger partial charge in [-0.3, -0.25) is 4.90 Å². The van der Waals surface area contributed by atoms with Gasteiger partial charge in [-0.1, -0.05) is 6.07 Å². The van der Waals surface area contributed by atoms with Crippen molar-refractivity contribution >= 4 is 6.03 Å². The minimum Gasteiger partial charge on any atom is -0.486 e. The molecule has 1 aromatic carbocycles. The average molecular weight is 399 g/mol. The smallest absolute Gasteiger partial charge is 0.315 e. The van der Waals surface area contributed by atoms with Crippen molar-refractivity contribution in [3.8, 4) is 11.5 Å². The third-order valence-electron chi connectivity index (χ3n) is 5.60. The maximum absolute atomic E-state index is 12.7. The normalized spacial score (nSPS) is 17.7. The van der Waals surface area contributed by atoms with E-state index in [9.17, 15) is 4.79 Å². The van der Waals surface area contributed by atoms with E-state index in [1.807, 2.05) is 44.2 Å². The van der Waals surface area contributed by atoms with Crippen molar-refractivity contribution < 1.29 is 18.7 Å². The molecule has 29 heavy (non-hydrogen) atoms. The van der Waals surface area contributed by atoms with Crippen molar-refractivity contribution in [3.05, 3.63) is 47.9 Å². The Balaban J connectivity index is 1.39. The number of fused-ring (bicyclic) bond motifs is 1. The lowest BCUT2D eigenvalue weighted by Crippen LogP contribution is -2.48. The molecule has 7 heteroatoms. The summed E-state index contributed by atoms with van der Waals surface area (Å²) in [5, 5.41) is 6.10. The zero-order valence-electron chi connectivity index (χ0n) is 17.1. The summed E-state index contributed by atoms with van der Waals surface area (Å²) in [6, 6.07) is 9.50. The molecule has 2 N–H and O–H groups in total. The summed E-state index contributed by atoms with van der Waals surface area (Å²) in [7, 11) is 0. The number of rotatable bonds is 6. The second-order valence-corrected chi connectivity index (χ2v) is 8.09. The Morgan fingerprint density at radius 3 is 2.62 bits per heavy atom. The number of nitrogens with one attached hydrogen (secondary N) is 2. The lowest BCUT2D eigenvalue weighted by molar-refractivity contribution is 0.171. The molecule has 0 bridgehead atoms. The van der Waals surface area contributed by atoms with Gasteiger partial charge in [0, 0.05) is 6.54 Å². The van der Waals surface area contributed by atoms with Crippen LogP contribution in [0.25, 0.3) is 0 Å². The molecule has 3 heterocycles. The van der Waals surface area contributed by atoms with Crippen LogP contribution in [0.3, 0.4) is 0 Å². The monoisotopic (exact) mass is 399 g/mol. The largest absolute Gasteiger partial charge is 0.486 e. The maximum Gasteiger partial charge on any atom is 0.315 e. The van der Waals surface area contributed by atoms with E-state index in [2.05, 4.69) is 15.5 Å². The predicted molar refractivity (Wildman–Crippen MR) is 109 cm³/mol. The van der Waals surface area contributed by atoms with Crippen LogP contribution in [0.2, 0.25) is 0 Å². The molecule has 4 rings (SSSR count). The highest BCUT2D eigenvalue weighted by Crippen LogP contribution is 2.34. The first-order chi connectivity index (χ1) is 14.0. The minimum atomic E-state index is -0.562. The molecule has 1 aromatic heterocycles. The number of urea groups is 1. The van der Waals surface area contributed by atoms with Gasteiger partial charge in [-0.25, -0.2) is 4.79 Å². The van der Waals surface area contributed by atoms with Crippen LogP contribution >= 0.6 is 0 Å². The number of benzene rings is 1. The van der Waals surface area contributed by atoms with E-state index in [0.29, 0.717) is 19.8 Å². The van der Waals surface area contributed by atoms with Gasteiger partial charge in [-0.2, -0.15) is 0 Å². The number of hydrogen-bond donors (Lipinski definition) is 2. The quantitative estimate of drug-likeness (QED) is 0.778. The standard InChI is InChI=1S/C22H29N3O4/c1-22(2,16-7-8-19-20(14-16)29-13-12-28-19)24-21(26)23-15-17(18-6-5-11-27-18)25-9-3-4-10-25/h5-8,11,14,17H,3-4,9-10,12-13,15H2,1-2H3,(H2,23,24,26). The lowest BCUT2D eigenvalue weighted by atomic mass is 9.94. The topological polar surface area (TPSA) is 76.0 Å². The van der Waals surface area contributed by atoms with Crippen LogP contribution in [0.5, 0.6) is 11.5 Å². The number of hydrogen-bond acceptors (Lipinski definition) is 5. The fourth-order valence-electron chi connectivity index (χ4n) is 3.97. The third kappa shape index (κ3) is 4.50. The molecule has 0 spiro atoms. The van der Waals surface area contributed by atoms with Crippen LogP contribution in [-0.2, 0) is 5.54 Å². The first kappa shape index (κ1) is 19.6. The zero-order valence-corrected chi connectivity index (χ0v) is 17.1. The van der Waals surface area contributed by atoms with Crippen molar-refractivity contribution in [2.75, 3.05) is 32.8 Å². The van der Waals surface area contributed by atoms with Crippen LogP contribution in [0.1, 0.15) is 44.1 Å². The lowest BCUT2D eigenvalue weighted by Gasteiger charge is -2.30. The molecular weight excluding hydrogens is 370 g/mol. The van der Waals surface area contributed by atoms with Gasteiger partial charge in [0.05, 0.1) is 17.8 Å². The molecule has 2 amide bonds. The van der Waals surface area contributed by atoms with Crippen LogP contribution in [0, 0.1) is 0 Å². The second kappa shape index (κ2) is 8.37. The highest BCUT2D eigenvalue weighted by Gasteiger charge is 2.28. The molecule has 156 valence electrons. The fourth-order valence-corrected chi connectivity index (χ4v) is 3.97. The fraction of sp³-hybridized carbons (Fsp3) is 0.500. The molecule has 7 nitrogen and oxygen atoms in total. The first-order valence-electron chi connectivity index (χ1n) is 10.3. The molecule has 2 aliphatic heterocycles. The predicted octanol–water partition coefficient (Wildman–Crippen LogP) is 3.42. The van der Waals surface area contributed by atoms with E-state index in [0.717, 1.165) is 35.9 Å². The van der Waals surface area contributed by atoms with Crippen molar-refractivity contribution in [2.24, 2.45) is 0 Å². The van der Waals surface area contributed by atoms with E-state index in [-0.39, 0.29) is 12.1 Å².